The number of hydrogen-bond acceptors (Lipinski definition) is 6. The van der Waals surface area contributed by atoms with Gasteiger partial charge in [0, 0.05) is 25.2 Å². The van der Waals surface area contributed by atoms with Gasteiger partial charge >= 0.3 is 11.7 Å². The van der Waals surface area contributed by atoms with Crippen molar-refractivity contribution in [2.75, 3.05) is 32.1 Å². The van der Waals surface area contributed by atoms with Crippen molar-refractivity contribution in [1.82, 2.24) is 14.0 Å². The fourth-order valence-corrected chi connectivity index (χ4v) is 5.46. The van der Waals surface area contributed by atoms with Crippen LogP contribution in [0.15, 0.2) is 21.7 Å². The molecule has 2 aliphatic carbocycles. The Kier molecular flexibility index (Phi) is 9.96. The number of nitrogens with zero attached hydrogens (tertiary/aromatic N) is 3. The molecular formula is C26H38ClFN4O4. The topological polar surface area (TPSA) is 85.6 Å². The summed E-state index contributed by atoms with van der Waals surface area (Å²) in [7, 11) is 1.74. The van der Waals surface area contributed by atoms with Crippen molar-refractivity contribution in [2.24, 2.45) is 0 Å². The molecule has 1 aromatic carbocycles. The normalized spacial score (nSPS) is 16.9. The first-order valence-corrected chi connectivity index (χ1v) is 13.0. The van der Waals surface area contributed by atoms with Crippen molar-refractivity contribution in [3.63, 3.8) is 0 Å². The Morgan fingerprint density at radius 3 is 2.44 bits per heavy atom. The maximum absolute atomic E-state index is 15.2. The second-order valence-corrected chi connectivity index (χ2v) is 9.92. The first kappa shape index (κ1) is 28.2. The van der Waals surface area contributed by atoms with Crippen LogP contribution in [0.25, 0.3) is 10.9 Å². The van der Waals surface area contributed by atoms with E-state index in [0.29, 0.717) is 24.4 Å². The molecule has 10 heteroatoms. The highest BCUT2D eigenvalue weighted by Gasteiger charge is 2.25. The van der Waals surface area contributed by atoms with E-state index in [0.717, 1.165) is 51.4 Å². The Bertz CT molecular complexity index is 1170. The molecule has 0 spiro atoms. The number of nitrogens with one attached hydrogen (secondary N) is 1. The zero-order chi connectivity index (χ0) is 24.9. The molecule has 2 fully saturated rings. The Morgan fingerprint density at radius 1 is 1.11 bits per heavy atom. The SMILES string of the molecule is CCOC(=O)CN(C)CCn1c(=O)c2cc(F)c(NC3CCCCC3)cc2n(C2CCCC2)c1=O.Cl. The third-order valence-corrected chi connectivity index (χ3v) is 7.32. The van der Waals surface area contributed by atoms with Crippen molar-refractivity contribution >= 4 is 35.0 Å². The number of halogens is 2. The standard InChI is InChI=1S/C26H37FN4O4.ClH/c1-3-35-24(32)17-29(2)13-14-30-25(33)20-15-21(27)22(28-18-9-5-4-6-10-18)16-23(20)31(26(30)34)19-11-7-8-12-19;/h15-16,18-19,28H,3-14,17H2,1-2H3;1H. The van der Waals surface area contributed by atoms with Crippen LogP contribution in [0, 0.1) is 5.82 Å². The summed E-state index contributed by atoms with van der Waals surface area (Å²) >= 11 is 0. The highest BCUT2D eigenvalue weighted by Crippen LogP contribution is 2.32. The maximum atomic E-state index is 15.2. The fourth-order valence-electron chi connectivity index (χ4n) is 5.46. The Balaban J connectivity index is 0.00000361. The van der Waals surface area contributed by atoms with E-state index in [1.165, 1.54) is 17.1 Å². The number of carbonyl (C=O) groups is 1. The molecule has 0 saturated heterocycles. The average Bonchev–Trinajstić information content (AvgIpc) is 3.35. The van der Waals surface area contributed by atoms with Crippen molar-refractivity contribution in [3.8, 4) is 0 Å². The molecule has 2 saturated carbocycles. The van der Waals surface area contributed by atoms with Crippen LogP contribution in [0.2, 0.25) is 0 Å². The lowest BCUT2D eigenvalue weighted by molar-refractivity contribution is -0.144. The number of aromatic nitrogens is 2. The summed E-state index contributed by atoms with van der Waals surface area (Å²) in [6, 6.07) is 3.14. The van der Waals surface area contributed by atoms with Gasteiger partial charge < -0.3 is 10.1 Å². The third-order valence-electron chi connectivity index (χ3n) is 7.32. The molecule has 0 aliphatic heterocycles. The molecule has 0 radical (unpaired) electrons. The molecular weight excluding hydrogens is 487 g/mol. The molecule has 0 bridgehead atoms. The summed E-state index contributed by atoms with van der Waals surface area (Å²) in [6.45, 7) is 2.53. The van der Waals surface area contributed by atoms with Crippen LogP contribution in [-0.2, 0) is 16.1 Å². The highest BCUT2D eigenvalue weighted by atomic mass is 35.5. The van der Waals surface area contributed by atoms with Crippen molar-refractivity contribution in [3.05, 3.63) is 38.8 Å². The predicted octanol–water partition coefficient (Wildman–Crippen LogP) is 4.08. The van der Waals surface area contributed by atoms with E-state index in [-0.39, 0.29) is 54.6 Å². The molecule has 1 N–H and O–H groups in total. The van der Waals surface area contributed by atoms with Gasteiger partial charge in [0.05, 0.1) is 29.7 Å². The van der Waals surface area contributed by atoms with Crippen LogP contribution in [0.3, 0.4) is 0 Å². The van der Waals surface area contributed by atoms with E-state index < -0.39 is 11.4 Å². The number of hydrogen-bond donors (Lipinski definition) is 1. The molecule has 200 valence electrons. The van der Waals surface area contributed by atoms with E-state index in [1.807, 2.05) is 0 Å². The van der Waals surface area contributed by atoms with Gasteiger partial charge in [-0.15, -0.1) is 12.4 Å². The Hall–Kier alpha value is -2.39. The molecule has 1 aromatic heterocycles. The first-order chi connectivity index (χ1) is 16.9. The Labute approximate surface area is 217 Å². The van der Waals surface area contributed by atoms with Gasteiger partial charge in [-0.2, -0.15) is 0 Å². The predicted molar refractivity (Wildman–Crippen MR) is 142 cm³/mol. The molecule has 36 heavy (non-hydrogen) atoms. The first-order valence-electron chi connectivity index (χ1n) is 13.0. The number of carbonyl (C=O) groups excluding carboxylic acids is 1. The smallest absolute Gasteiger partial charge is 0.331 e. The zero-order valence-electron chi connectivity index (χ0n) is 21.3. The number of benzene rings is 1. The van der Waals surface area contributed by atoms with Crippen LogP contribution < -0.4 is 16.6 Å². The number of esters is 1. The van der Waals surface area contributed by atoms with Crippen molar-refractivity contribution < 1.29 is 13.9 Å². The minimum absolute atomic E-state index is 0. The summed E-state index contributed by atoms with van der Waals surface area (Å²) < 4.78 is 23.0. The third kappa shape index (κ3) is 6.29. The molecule has 2 aliphatic rings. The van der Waals surface area contributed by atoms with Crippen molar-refractivity contribution in [2.45, 2.75) is 83.3 Å². The molecule has 0 unspecified atom stereocenters. The van der Waals surface area contributed by atoms with Crippen LogP contribution in [0.1, 0.15) is 70.8 Å². The van der Waals surface area contributed by atoms with Crippen LogP contribution in [0.5, 0.6) is 0 Å². The van der Waals surface area contributed by atoms with Gasteiger partial charge in [-0.25, -0.2) is 9.18 Å². The number of rotatable bonds is 9. The van der Waals surface area contributed by atoms with Crippen LogP contribution >= 0.6 is 12.4 Å². The molecule has 2 aromatic rings. The van der Waals surface area contributed by atoms with Crippen LogP contribution in [0.4, 0.5) is 10.1 Å². The molecule has 1 heterocycles. The van der Waals surface area contributed by atoms with E-state index >= 15 is 4.39 Å². The Morgan fingerprint density at radius 2 is 1.78 bits per heavy atom. The summed E-state index contributed by atoms with van der Waals surface area (Å²) in [5.74, 6) is -0.827. The van der Waals surface area contributed by atoms with E-state index in [9.17, 15) is 14.4 Å². The van der Waals surface area contributed by atoms with Gasteiger partial charge in [0.25, 0.3) is 5.56 Å². The molecule has 0 amide bonds. The number of likely N-dealkylation sites (N-methyl/N-ethyl adjacent to an activating group) is 1. The van der Waals surface area contributed by atoms with Gasteiger partial charge in [-0.3, -0.25) is 23.6 Å². The summed E-state index contributed by atoms with van der Waals surface area (Å²) in [4.78, 5) is 40.5. The van der Waals surface area contributed by atoms with Crippen LogP contribution in [-0.4, -0.2) is 52.8 Å². The summed E-state index contributed by atoms with van der Waals surface area (Å²) in [5.41, 5.74) is 0.00524. The quantitative estimate of drug-likeness (QED) is 0.497. The maximum Gasteiger partial charge on any atom is 0.331 e. The summed E-state index contributed by atoms with van der Waals surface area (Å²) in [6.07, 6.45) is 9.19. The second-order valence-electron chi connectivity index (χ2n) is 9.92. The highest BCUT2D eigenvalue weighted by molar-refractivity contribution is 5.85. The number of ether oxygens (including phenoxy) is 1. The molecule has 8 nitrogen and oxygen atoms in total. The monoisotopic (exact) mass is 524 g/mol. The van der Waals surface area contributed by atoms with E-state index in [4.69, 9.17) is 4.74 Å². The van der Waals surface area contributed by atoms with Gasteiger partial charge in [0.15, 0.2) is 0 Å². The lowest BCUT2D eigenvalue weighted by Gasteiger charge is -2.25. The fraction of sp³-hybridized carbons (Fsp3) is 0.654. The van der Waals surface area contributed by atoms with Gasteiger partial charge in [-0.1, -0.05) is 32.1 Å². The van der Waals surface area contributed by atoms with Gasteiger partial charge in [0.1, 0.15) is 5.82 Å². The van der Waals surface area contributed by atoms with Crippen molar-refractivity contribution in [1.29, 1.82) is 0 Å². The molecule has 4 rings (SSSR count). The van der Waals surface area contributed by atoms with Gasteiger partial charge in [0.2, 0.25) is 0 Å². The lowest BCUT2D eigenvalue weighted by atomic mass is 9.95. The molecule has 0 atom stereocenters. The number of anilines is 1. The van der Waals surface area contributed by atoms with E-state index in [2.05, 4.69) is 5.32 Å². The van der Waals surface area contributed by atoms with Gasteiger partial charge in [-0.05, 0) is 51.8 Å². The summed E-state index contributed by atoms with van der Waals surface area (Å²) in [5, 5.41) is 3.55. The average molecular weight is 525 g/mol. The largest absolute Gasteiger partial charge is 0.465 e. The second kappa shape index (κ2) is 12.7. The number of fused-ring (bicyclic) bond motifs is 1. The minimum atomic E-state index is -0.494. The lowest BCUT2D eigenvalue weighted by Crippen LogP contribution is -2.43. The van der Waals surface area contributed by atoms with E-state index in [1.54, 1.807) is 29.5 Å². The minimum Gasteiger partial charge on any atom is -0.465 e. The zero-order valence-corrected chi connectivity index (χ0v) is 22.1.